The van der Waals surface area contributed by atoms with Crippen LogP contribution in [0.1, 0.15) is 11.1 Å². The minimum atomic E-state index is -0.278. The third-order valence-electron chi connectivity index (χ3n) is 3.00. The number of rotatable bonds is 3. The summed E-state index contributed by atoms with van der Waals surface area (Å²) in [6.07, 6.45) is 0.258. The molecule has 2 rings (SSSR count). The summed E-state index contributed by atoms with van der Waals surface area (Å²) in [6, 6.07) is 4.36. The molecule has 0 aliphatic carbocycles. The molecule has 6 N–H and O–H groups in total. The van der Waals surface area contributed by atoms with E-state index in [1.54, 1.807) is 0 Å². The van der Waals surface area contributed by atoms with Crippen LogP contribution in [0, 0.1) is 0 Å². The largest absolute Gasteiger partial charge is 0.508 e. The molecule has 6 nitrogen and oxygen atoms in total. The van der Waals surface area contributed by atoms with Crippen molar-refractivity contribution in [2.75, 3.05) is 0 Å². The Bertz CT molecular complexity index is 547. The highest BCUT2D eigenvalue weighted by atomic mass is 16.3. The maximum absolute atomic E-state index is 9.65. The summed E-state index contributed by atoms with van der Waals surface area (Å²) < 4.78 is 0. The second-order valence-corrected chi connectivity index (χ2v) is 4.43. The van der Waals surface area contributed by atoms with Crippen molar-refractivity contribution in [2.45, 2.75) is 12.8 Å². The number of phenolic OH excluding ortho intramolecular Hbond substituents is 6. The summed E-state index contributed by atoms with van der Waals surface area (Å²) in [5.74, 6) is -1.64. The van der Waals surface area contributed by atoms with E-state index in [4.69, 9.17) is 0 Å². The molecule has 106 valence electrons. The zero-order valence-corrected chi connectivity index (χ0v) is 10.4. The predicted molar refractivity (Wildman–Crippen MR) is 70.3 cm³/mol. The molecule has 0 saturated heterocycles. The van der Waals surface area contributed by atoms with Crippen LogP contribution in [0.4, 0.5) is 0 Å². The van der Waals surface area contributed by atoms with Crippen molar-refractivity contribution in [1.82, 2.24) is 0 Å². The van der Waals surface area contributed by atoms with Gasteiger partial charge in [-0.1, -0.05) is 0 Å². The summed E-state index contributed by atoms with van der Waals surface area (Å²) in [4.78, 5) is 0. The number of aromatic hydroxyl groups is 6. The first kappa shape index (κ1) is 13.7. The predicted octanol–water partition coefficient (Wildman–Crippen LogP) is 1.71. The van der Waals surface area contributed by atoms with Crippen molar-refractivity contribution < 1.29 is 30.6 Å². The average Bonchev–Trinajstić information content (AvgIpc) is 2.30. The van der Waals surface area contributed by atoms with E-state index in [0.29, 0.717) is 0 Å². The number of hydrogen-bond donors (Lipinski definition) is 6. The first-order chi connectivity index (χ1) is 9.38. The Morgan fingerprint density at radius 1 is 0.500 bits per heavy atom. The standard InChI is InChI=1S/C14H14O6/c15-7-3-11(17)9(12(18)4-7)1-2-10-13(19)5-8(16)6-14(10)20/h3-6,15-20H,1-2H2. The number of phenols is 6. The van der Waals surface area contributed by atoms with Crippen molar-refractivity contribution >= 4 is 0 Å². The van der Waals surface area contributed by atoms with Gasteiger partial charge in [0.25, 0.3) is 0 Å². The van der Waals surface area contributed by atoms with E-state index in [-0.39, 0.29) is 58.5 Å². The Labute approximate surface area is 114 Å². The van der Waals surface area contributed by atoms with E-state index in [2.05, 4.69) is 0 Å². The van der Waals surface area contributed by atoms with Gasteiger partial charge in [0.1, 0.15) is 34.5 Å². The average molecular weight is 278 g/mol. The van der Waals surface area contributed by atoms with Gasteiger partial charge in [-0.2, -0.15) is 0 Å². The normalized spacial score (nSPS) is 10.6. The first-order valence-electron chi connectivity index (χ1n) is 5.86. The Morgan fingerprint density at radius 2 is 0.750 bits per heavy atom. The van der Waals surface area contributed by atoms with Crippen molar-refractivity contribution in [3.63, 3.8) is 0 Å². The van der Waals surface area contributed by atoms with E-state index in [1.165, 1.54) is 0 Å². The number of benzene rings is 2. The van der Waals surface area contributed by atoms with Gasteiger partial charge in [0.15, 0.2) is 0 Å². The molecule has 0 spiro atoms. The molecule has 20 heavy (non-hydrogen) atoms. The molecule has 0 aliphatic heterocycles. The third-order valence-corrected chi connectivity index (χ3v) is 3.00. The first-order valence-corrected chi connectivity index (χ1v) is 5.86. The van der Waals surface area contributed by atoms with E-state index in [9.17, 15) is 30.6 Å². The SMILES string of the molecule is Oc1cc(O)c(CCc2c(O)cc(O)cc2O)c(O)c1. The molecule has 0 amide bonds. The van der Waals surface area contributed by atoms with Crippen LogP contribution < -0.4 is 0 Å². The van der Waals surface area contributed by atoms with Gasteiger partial charge >= 0.3 is 0 Å². The van der Waals surface area contributed by atoms with Crippen LogP contribution in [-0.4, -0.2) is 30.6 Å². The second-order valence-electron chi connectivity index (χ2n) is 4.43. The molecule has 0 fully saturated rings. The molecule has 6 heteroatoms. The molecule has 0 heterocycles. The molecule has 0 bridgehead atoms. The molecule has 0 radical (unpaired) electrons. The molecular weight excluding hydrogens is 264 g/mol. The van der Waals surface area contributed by atoms with Gasteiger partial charge in [-0.15, -0.1) is 0 Å². The monoisotopic (exact) mass is 278 g/mol. The molecule has 2 aromatic rings. The van der Waals surface area contributed by atoms with Gasteiger partial charge in [0.05, 0.1) is 0 Å². The van der Waals surface area contributed by atoms with Crippen LogP contribution in [0.25, 0.3) is 0 Å². The fraction of sp³-hybridized carbons (Fsp3) is 0.143. The topological polar surface area (TPSA) is 121 Å². The molecule has 0 aliphatic rings. The van der Waals surface area contributed by atoms with E-state index in [1.807, 2.05) is 0 Å². The highest BCUT2D eigenvalue weighted by molar-refractivity contribution is 5.51. The molecule has 0 unspecified atom stereocenters. The highest BCUT2D eigenvalue weighted by Crippen LogP contribution is 2.36. The summed E-state index contributed by atoms with van der Waals surface area (Å²) in [6.45, 7) is 0. The lowest BCUT2D eigenvalue weighted by molar-refractivity contribution is 0.411. The summed E-state index contributed by atoms with van der Waals surface area (Å²) in [7, 11) is 0. The molecule has 2 aromatic carbocycles. The minimum absolute atomic E-state index is 0.129. The summed E-state index contributed by atoms with van der Waals surface area (Å²) in [5, 5.41) is 57.0. The second kappa shape index (κ2) is 5.08. The molecule has 0 aromatic heterocycles. The zero-order chi connectivity index (χ0) is 14.9. The Hall–Kier alpha value is -2.76. The zero-order valence-electron chi connectivity index (χ0n) is 10.4. The third kappa shape index (κ3) is 2.64. The smallest absolute Gasteiger partial charge is 0.126 e. The van der Waals surface area contributed by atoms with Gasteiger partial charge in [0, 0.05) is 35.4 Å². The van der Waals surface area contributed by atoms with Crippen LogP contribution in [0.3, 0.4) is 0 Å². The van der Waals surface area contributed by atoms with E-state index < -0.39 is 0 Å². The molecule has 0 atom stereocenters. The fourth-order valence-electron chi connectivity index (χ4n) is 2.02. The van der Waals surface area contributed by atoms with Crippen molar-refractivity contribution in [2.24, 2.45) is 0 Å². The van der Waals surface area contributed by atoms with Gasteiger partial charge in [-0.05, 0) is 12.8 Å². The Balaban J connectivity index is 2.26. The quantitative estimate of drug-likeness (QED) is 0.508. The highest BCUT2D eigenvalue weighted by Gasteiger charge is 2.14. The lowest BCUT2D eigenvalue weighted by Crippen LogP contribution is -1.94. The summed E-state index contributed by atoms with van der Waals surface area (Å²) >= 11 is 0. The lowest BCUT2D eigenvalue weighted by atomic mass is 10.0. The van der Waals surface area contributed by atoms with Crippen LogP contribution >= 0.6 is 0 Å². The van der Waals surface area contributed by atoms with Gasteiger partial charge < -0.3 is 30.6 Å². The lowest BCUT2D eigenvalue weighted by Gasteiger charge is -2.10. The van der Waals surface area contributed by atoms with Crippen LogP contribution in [0.5, 0.6) is 34.5 Å². The molecule has 0 saturated carbocycles. The molecular formula is C14H14O6. The maximum Gasteiger partial charge on any atom is 0.126 e. The van der Waals surface area contributed by atoms with Crippen LogP contribution in [0.15, 0.2) is 24.3 Å². The Kier molecular flexibility index (Phi) is 3.47. The van der Waals surface area contributed by atoms with E-state index in [0.717, 1.165) is 24.3 Å². The van der Waals surface area contributed by atoms with Crippen LogP contribution in [0.2, 0.25) is 0 Å². The number of hydrogen-bond acceptors (Lipinski definition) is 6. The van der Waals surface area contributed by atoms with Crippen molar-refractivity contribution in [3.05, 3.63) is 35.4 Å². The summed E-state index contributed by atoms with van der Waals surface area (Å²) in [5.41, 5.74) is 0.379. The van der Waals surface area contributed by atoms with Gasteiger partial charge in [-0.25, -0.2) is 0 Å². The van der Waals surface area contributed by atoms with E-state index >= 15 is 0 Å². The minimum Gasteiger partial charge on any atom is -0.508 e. The van der Waals surface area contributed by atoms with Crippen molar-refractivity contribution in [3.8, 4) is 34.5 Å². The van der Waals surface area contributed by atoms with Crippen LogP contribution in [-0.2, 0) is 12.8 Å². The fourth-order valence-corrected chi connectivity index (χ4v) is 2.02. The van der Waals surface area contributed by atoms with Gasteiger partial charge in [-0.3, -0.25) is 0 Å². The van der Waals surface area contributed by atoms with Crippen molar-refractivity contribution in [1.29, 1.82) is 0 Å². The maximum atomic E-state index is 9.65. The Morgan fingerprint density at radius 3 is 1.00 bits per heavy atom. The van der Waals surface area contributed by atoms with Gasteiger partial charge in [0.2, 0.25) is 0 Å².